The molecule has 0 saturated heterocycles. The Morgan fingerprint density at radius 3 is 2.78 bits per heavy atom. The van der Waals surface area contributed by atoms with E-state index in [-0.39, 0.29) is 5.91 Å². The molecule has 6 heteroatoms. The van der Waals surface area contributed by atoms with Crippen LogP contribution in [0.5, 0.6) is 0 Å². The van der Waals surface area contributed by atoms with Crippen molar-refractivity contribution in [1.82, 2.24) is 14.8 Å². The third-order valence-electron chi connectivity index (χ3n) is 2.71. The number of carbonyl (C=O) groups is 1. The highest BCUT2D eigenvalue weighted by atomic mass is 16.2. The second kappa shape index (κ2) is 4.48. The van der Waals surface area contributed by atoms with Crippen molar-refractivity contribution in [3.05, 3.63) is 35.9 Å². The fourth-order valence-corrected chi connectivity index (χ4v) is 1.80. The maximum Gasteiger partial charge on any atom is 0.276 e. The Balaban J connectivity index is 2.35. The standard InChI is InChI=1S/C12H15N5O/c1-8-6-11(17(3)15-8)12(18)16(2)10-4-5-14-7-9(10)13/h4-7H,13H2,1-3H3. The molecule has 0 unspecified atom stereocenters. The number of nitrogens with zero attached hydrogens (tertiary/aromatic N) is 4. The largest absolute Gasteiger partial charge is 0.396 e. The Labute approximate surface area is 105 Å². The van der Waals surface area contributed by atoms with Gasteiger partial charge < -0.3 is 10.6 Å². The molecule has 2 N–H and O–H groups in total. The second-order valence-electron chi connectivity index (χ2n) is 4.09. The van der Waals surface area contributed by atoms with Gasteiger partial charge in [-0.1, -0.05) is 0 Å². The molecule has 0 atom stereocenters. The number of hydrogen-bond donors (Lipinski definition) is 1. The number of hydrogen-bond acceptors (Lipinski definition) is 4. The molecule has 2 heterocycles. The summed E-state index contributed by atoms with van der Waals surface area (Å²) >= 11 is 0. The third kappa shape index (κ3) is 2.04. The van der Waals surface area contributed by atoms with E-state index in [1.165, 1.54) is 11.1 Å². The molecule has 0 aliphatic rings. The summed E-state index contributed by atoms with van der Waals surface area (Å²) in [7, 11) is 3.42. The van der Waals surface area contributed by atoms with Crippen LogP contribution < -0.4 is 10.6 Å². The minimum Gasteiger partial charge on any atom is -0.396 e. The van der Waals surface area contributed by atoms with E-state index < -0.39 is 0 Å². The molecule has 2 aromatic rings. The maximum absolute atomic E-state index is 12.3. The van der Waals surface area contributed by atoms with Crippen LogP contribution in [0.1, 0.15) is 16.2 Å². The molecule has 6 nitrogen and oxygen atoms in total. The van der Waals surface area contributed by atoms with Crippen LogP contribution >= 0.6 is 0 Å². The van der Waals surface area contributed by atoms with Crippen molar-refractivity contribution in [3.63, 3.8) is 0 Å². The topological polar surface area (TPSA) is 77.0 Å². The maximum atomic E-state index is 12.3. The molecule has 18 heavy (non-hydrogen) atoms. The molecule has 0 fully saturated rings. The first kappa shape index (κ1) is 12.1. The average Bonchev–Trinajstić information content (AvgIpc) is 2.67. The van der Waals surface area contributed by atoms with Crippen LogP contribution in [-0.4, -0.2) is 27.7 Å². The molecular weight excluding hydrogens is 230 g/mol. The van der Waals surface area contributed by atoms with Gasteiger partial charge in [0, 0.05) is 20.3 Å². The highest BCUT2D eigenvalue weighted by Gasteiger charge is 2.19. The lowest BCUT2D eigenvalue weighted by molar-refractivity contribution is 0.0984. The summed E-state index contributed by atoms with van der Waals surface area (Å²) in [5, 5.41) is 4.16. The van der Waals surface area contributed by atoms with Gasteiger partial charge >= 0.3 is 0 Å². The summed E-state index contributed by atoms with van der Waals surface area (Å²) < 4.78 is 1.56. The lowest BCUT2D eigenvalue weighted by Gasteiger charge is -2.18. The number of rotatable bonds is 2. The molecule has 0 spiro atoms. The Kier molecular flexibility index (Phi) is 3.01. The lowest BCUT2D eigenvalue weighted by atomic mass is 10.3. The molecule has 94 valence electrons. The fraction of sp³-hybridized carbons (Fsp3) is 0.250. The van der Waals surface area contributed by atoms with Crippen molar-refractivity contribution in [2.75, 3.05) is 17.7 Å². The second-order valence-corrected chi connectivity index (χ2v) is 4.09. The van der Waals surface area contributed by atoms with E-state index in [1.54, 1.807) is 37.1 Å². The number of nitrogen functional groups attached to an aromatic ring is 1. The Morgan fingerprint density at radius 2 is 2.22 bits per heavy atom. The summed E-state index contributed by atoms with van der Waals surface area (Å²) in [5.41, 5.74) is 8.22. The molecule has 1 amide bonds. The quantitative estimate of drug-likeness (QED) is 0.855. The molecular formula is C12H15N5O. The normalized spacial score (nSPS) is 10.4. The van der Waals surface area contributed by atoms with E-state index in [2.05, 4.69) is 10.1 Å². The number of nitrogens with two attached hydrogens (primary N) is 1. The summed E-state index contributed by atoms with van der Waals surface area (Å²) in [4.78, 5) is 17.7. The molecule has 2 rings (SSSR count). The van der Waals surface area contributed by atoms with Crippen molar-refractivity contribution in [2.24, 2.45) is 7.05 Å². The molecule has 2 aromatic heterocycles. The van der Waals surface area contributed by atoms with Crippen LogP contribution in [0.2, 0.25) is 0 Å². The van der Waals surface area contributed by atoms with E-state index >= 15 is 0 Å². The van der Waals surface area contributed by atoms with Crippen molar-refractivity contribution in [1.29, 1.82) is 0 Å². The predicted octanol–water partition coefficient (Wildman–Crippen LogP) is 0.982. The Bertz CT molecular complexity index is 590. The fourth-order valence-electron chi connectivity index (χ4n) is 1.80. The number of carbonyl (C=O) groups excluding carboxylic acids is 1. The van der Waals surface area contributed by atoms with Crippen LogP contribution in [0.15, 0.2) is 24.5 Å². The van der Waals surface area contributed by atoms with Gasteiger partial charge in [-0.2, -0.15) is 5.10 Å². The van der Waals surface area contributed by atoms with Gasteiger partial charge in [-0.25, -0.2) is 0 Å². The number of amides is 1. The van der Waals surface area contributed by atoms with Gasteiger partial charge in [0.25, 0.3) is 5.91 Å². The van der Waals surface area contributed by atoms with Crippen LogP contribution in [0.25, 0.3) is 0 Å². The van der Waals surface area contributed by atoms with Gasteiger partial charge in [-0.05, 0) is 19.1 Å². The van der Waals surface area contributed by atoms with Crippen molar-refractivity contribution in [3.8, 4) is 0 Å². The number of pyridine rings is 1. The zero-order valence-corrected chi connectivity index (χ0v) is 10.6. The van der Waals surface area contributed by atoms with E-state index in [1.807, 2.05) is 6.92 Å². The minimum absolute atomic E-state index is 0.156. The number of aryl methyl sites for hydroxylation is 2. The van der Waals surface area contributed by atoms with Crippen molar-refractivity contribution < 1.29 is 4.79 Å². The van der Waals surface area contributed by atoms with E-state index in [4.69, 9.17) is 5.73 Å². The Morgan fingerprint density at radius 1 is 1.50 bits per heavy atom. The van der Waals surface area contributed by atoms with E-state index in [0.29, 0.717) is 17.1 Å². The monoisotopic (exact) mass is 245 g/mol. The van der Waals surface area contributed by atoms with Gasteiger partial charge in [0.15, 0.2) is 0 Å². The lowest BCUT2D eigenvalue weighted by Crippen LogP contribution is -2.28. The third-order valence-corrected chi connectivity index (χ3v) is 2.71. The van der Waals surface area contributed by atoms with Crippen molar-refractivity contribution >= 4 is 17.3 Å². The summed E-state index contributed by atoms with van der Waals surface area (Å²) in [6.07, 6.45) is 3.12. The highest BCUT2D eigenvalue weighted by molar-refractivity contribution is 6.06. The summed E-state index contributed by atoms with van der Waals surface area (Å²) in [5.74, 6) is -0.156. The molecule has 0 saturated carbocycles. The number of aromatic nitrogens is 3. The molecule has 0 bridgehead atoms. The van der Waals surface area contributed by atoms with Crippen LogP contribution in [0.4, 0.5) is 11.4 Å². The zero-order chi connectivity index (χ0) is 13.3. The molecule has 0 radical (unpaired) electrons. The molecule has 0 aliphatic heterocycles. The first-order valence-corrected chi connectivity index (χ1v) is 5.49. The SMILES string of the molecule is Cc1cc(C(=O)N(C)c2ccncc2N)n(C)n1. The van der Waals surface area contributed by atoms with E-state index in [9.17, 15) is 4.79 Å². The van der Waals surface area contributed by atoms with Crippen molar-refractivity contribution in [2.45, 2.75) is 6.92 Å². The Hall–Kier alpha value is -2.37. The average molecular weight is 245 g/mol. The van der Waals surface area contributed by atoms with Gasteiger partial charge in [0.1, 0.15) is 5.69 Å². The smallest absolute Gasteiger partial charge is 0.276 e. The van der Waals surface area contributed by atoms with Gasteiger partial charge in [0.05, 0.1) is 23.3 Å². The van der Waals surface area contributed by atoms with Gasteiger partial charge in [-0.3, -0.25) is 14.5 Å². The minimum atomic E-state index is -0.156. The zero-order valence-electron chi connectivity index (χ0n) is 10.6. The molecule has 0 aliphatic carbocycles. The summed E-state index contributed by atoms with van der Waals surface area (Å²) in [6, 6.07) is 3.45. The highest BCUT2D eigenvalue weighted by Crippen LogP contribution is 2.21. The predicted molar refractivity (Wildman–Crippen MR) is 69.3 cm³/mol. The molecule has 0 aromatic carbocycles. The first-order chi connectivity index (χ1) is 8.50. The first-order valence-electron chi connectivity index (χ1n) is 5.49. The van der Waals surface area contributed by atoms with Gasteiger partial charge in [0.2, 0.25) is 0 Å². The summed E-state index contributed by atoms with van der Waals surface area (Å²) in [6.45, 7) is 1.84. The van der Waals surface area contributed by atoms with Gasteiger partial charge in [-0.15, -0.1) is 0 Å². The van der Waals surface area contributed by atoms with Crippen LogP contribution in [0.3, 0.4) is 0 Å². The van der Waals surface area contributed by atoms with Crippen LogP contribution in [-0.2, 0) is 7.05 Å². The van der Waals surface area contributed by atoms with Crippen LogP contribution in [0, 0.1) is 6.92 Å². The number of anilines is 2. The van der Waals surface area contributed by atoms with E-state index in [0.717, 1.165) is 5.69 Å².